The Morgan fingerprint density at radius 3 is 2.68 bits per heavy atom. The second-order valence-electron chi connectivity index (χ2n) is 5.60. The number of hydrogen-bond donors (Lipinski definition) is 1. The van der Waals surface area contributed by atoms with Gasteiger partial charge in [0.1, 0.15) is 0 Å². The molecule has 0 bridgehead atoms. The fourth-order valence-electron chi connectivity index (χ4n) is 2.97. The molecule has 1 amide bonds. The van der Waals surface area contributed by atoms with Crippen molar-refractivity contribution < 1.29 is 9.21 Å². The SMILES string of the molecule is O=C(NC[C@@H](c1ccccc1)N1CCCCC1)c1cnco1. The molecular formula is C17H21N3O2. The van der Waals surface area contributed by atoms with Crippen molar-refractivity contribution in [2.24, 2.45) is 0 Å². The van der Waals surface area contributed by atoms with E-state index in [4.69, 9.17) is 4.42 Å². The number of oxazole rings is 1. The highest BCUT2D eigenvalue weighted by Crippen LogP contribution is 2.24. The molecule has 22 heavy (non-hydrogen) atoms. The molecule has 0 saturated carbocycles. The zero-order valence-corrected chi connectivity index (χ0v) is 12.6. The van der Waals surface area contributed by atoms with E-state index in [0.29, 0.717) is 6.54 Å². The zero-order valence-electron chi connectivity index (χ0n) is 12.6. The summed E-state index contributed by atoms with van der Waals surface area (Å²) >= 11 is 0. The first-order valence-electron chi connectivity index (χ1n) is 7.80. The fourth-order valence-corrected chi connectivity index (χ4v) is 2.97. The highest BCUT2D eigenvalue weighted by molar-refractivity contribution is 5.91. The molecule has 0 radical (unpaired) electrons. The summed E-state index contributed by atoms with van der Waals surface area (Å²) in [7, 11) is 0. The highest BCUT2D eigenvalue weighted by Gasteiger charge is 2.23. The molecule has 1 fully saturated rings. The first-order valence-corrected chi connectivity index (χ1v) is 7.80. The summed E-state index contributed by atoms with van der Waals surface area (Å²) in [6.45, 7) is 2.74. The quantitative estimate of drug-likeness (QED) is 0.922. The van der Waals surface area contributed by atoms with Gasteiger partial charge in [-0.2, -0.15) is 0 Å². The zero-order chi connectivity index (χ0) is 15.2. The number of nitrogens with zero attached hydrogens (tertiary/aromatic N) is 2. The first-order chi connectivity index (χ1) is 10.8. The second-order valence-corrected chi connectivity index (χ2v) is 5.60. The van der Waals surface area contributed by atoms with Gasteiger partial charge in [0.15, 0.2) is 6.39 Å². The van der Waals surface area contributed by atoms with Gasteiger partial charge >= 0.3 is 0 Å². The summed E-state index contributed by atoms with van der Waals surface area (Å²) in [5.41, 5.74) is 1.24. The molecular weight excluding hydrogens is 278 g/mol. The highest BCUT2D eigenvalue weighted by atomic mass is 16.3. The van der Waals surface area contributed by atoms with Crippen LogP contribution in [0.25, 0.3) is 0 Å². The fraction of sp³-hybridized carbons (Fsp3) is 0.412. The van der Waals surface area contributed by atoms with Crippen LogP contribution in [-0.2, 0) is 0 Å². The Balaban J connectivity index is 1.69. The number of amides is 1. The third-order valence-corrected chi connectivity index (χ3v) is 4.13. The van der Waals surface area contributed by atoms with E-state index in [1.807, 2.05) is 18.2 Å². The number of hydrogen-bond acceptors (Lipinski definition) is 4. The molecule has 1 aliphatic rings. The van der Waals surface area contributed by atoms with Crippen LogP contribution in [0.4, 0.5) is 0 Å². The van der Waals surface area contributed by atoms with Crippen LogP contribution in [0, 0.1) is 0 Å². The van der Waals surface area contributed by atoms with Gasteiger partial charge in [0.25, 0.3) is 5.91 Å². The number of likely N-dealkylation sites (tertiary alicyclic amines) is 1. The molecule has 2 heterocycles. The Morgan fingerprint density at radius 2 is 2.00 bits per heavy atom. The van der Waals surface area contributed by atoms with Crippen molar-refractivity contribution in [3.63, 3.8) is 0 Å². The number of carbonyl (C=O) groups is 1. The summed E-state index contributed by atoms with van der Waals surface area (Å²) in [5.74, 6) is 0.0425. The topological polar surface area (TPSA) is 58.4 Å². The monoisotopic (exact) mass is 299 g/mol. The smallest absolute Gasteiger partial charge is 0.288 e. The molecule has 2 aromatic rings. The molecule has 0 unspecified atom stereocenters. The normalized spacial score (nSPS) is 17.1. The standard InChI is InChI=1S/C17H21N3O2/c21-17(16-12-18-13-22-16)19-11-15(14-7-3-1-4-8-14)20-9-5-2-6-10-20/h1,3-4,7-8,12-13,15H,2,5-6,9-11H2,(H,19,21)/t15-/m0/s1. The predicted molar refractivity (Wildman–Crippen MR) is 83.4 cm³/mol. The maximum Gasteiger partial charge on any atom is 0.288 e. The van der Waals surface area contributed by atoms with Gasteiger partial charge in [0.05, 0.1) is 12.2 Å². The van der Waals surface area contributed by atoms with Crippen LogP contribution in [0.3, 0.4) is 0 Å². The Kier molecular flexibility index (Phi) is 4.85. The lowest BCUT2D eigenvalue weighted by molar-refractivity contribution is 0.0897. The molecule has 1 aliphatic heterocycles. The first kappa shape index (κ1) is 14.8. The maximum absolute atomic E-state index is 12.1. The third-order valence-electron chi connectivity index (χ3n) is 4.13. The molecule has 1 aromatic carbocycles. The van der Waals surface area contributed by atoms with Crippen LogP contribution in [0.2, 0.25) is 0 Å². The second kappa shape index (κ2) is 7.22. The molecule has 3 rings (SSSR count). The number of aromatic nitrogens is 1. The lowest BCUT2D eigenvalue weighted by atomic mass is 10.0. The molecule has 1 N–H and O–H groups in total. The minimum Gasteiger partial charge on any atom is -0.438 e. The Labute approximate surface area is 130 Å². The Morgan fingerprint density at radius 1 is 1.23 bits per heavy atom. The minimum atomic E-state index is -0.213. The minimum absolute atomic E-state index is 0.202. The average molecular weight is 299 g/mol. The third kappa shape index (κ3) is 3.54. The molecule has 5 heteroatoms. The maximum atomic E-state index is 12.1. The van der Waals surface area contributed by atoms with Crippen LogP contribution in [0.1, 0.15) is 41.4 Å². The number of piperidine rings is 1. The summed E-state index contributed by atoms with van der Waals surface area (Å²) in [6.07, 6.45) is 6.45. The van der Waals surface area contributed by atoms with E-state index >= 15 is 0 Å². The number of carbonyl (C=O) groups excluding carboxylic acids is 1. The summed E-state index contributed by atoms with van der Waals surface area (Å²) < 4.78 is 5.04. The van der Waals surface area contributed by atoms with Gasteiger partial charge in [0, 0.05) is 6.54 Å². The van der Waals surface area contributed by atoms with E-state index in [1.165, 1.54) is 37.4 Å². The van der Waals surface area contributed by atoms with E-state index < -0.39 is 0 Å². The lowest BCUT2D eigenvalue weighted by Crippen LogP contribution is -2.40. The largest absolute Gasteiger partial charge is 0.438 e. The molecule has 116 valence electrons. The van der Waals surface area contributed by atoms with Crippen LogP contribution >= 0.6 is 0 Å². The van der Waals surface area contributed by atoms with Crippen LogP contribution in [0.15, 0.2) is 47.3 Å². The van der Waals surface area contributed by atoms with Crippen LogP contribution in [0.5, 0.6) is 0 Å². The number of nitrogens with one attached hydrogen (secondary N) is 1. The molecule has 0 aliphatic carbocycles. The predicted octanol–water partition coefficient (Wildman–Crippen LogP) is 2.63. The van der Waals surface area contributed by atoms with E-state index in [9.17, 15) is 4.79 Å². The molecule has 1 atom stereocenters. The molecule has 1 saturated heterocycles. The van der Waals surface area contributed by atoms with E-state index in [2.05, 4.69) is 27.3 Å². The van der Waals surface area contributed by atoms with Crippen molar-refractivity contribution in [2.45, 2.75) is 25.3 Å². The van der Waals surface area contributed by atoms with Crippen molar-refractivity contribution >= 4 is 5.91 Å². The van der Waals surface area contributed by atoms with Crippen molar-refractivity contribution in [1.29, 1.82) is 0 Å². The molecule has 5 nitrogen and oxygen atoms in total. The van der Waals surface area contributed by atoms with Gasteiger partial charge < -0.3 is 9.73 Å². The summed E-state index contributed by atoms with van der Waals surface area (Å²) in [4.78, 5) is 18.3. The number of benzene rings is 1. The lowest BCUT2D eigenvalue weighted by Gasteiger charge is -2.35. The van der Waals surface area contributed by atoms with E-state index in [-0.39, 0.29) is 17.7 Å². The molecule has 0 spiro atoms. The van der Waals surface area contributed by atoms with E-state index in [0.717, 1.165) is 13.1 Å². The van der Waals surface area contributed by atoms with Crippen LogP contribution < -0.4 is 5.32 Å². The van der Waals surface area contributed by atoms with Gasteiger partial charge in [-0.25, -0.2) is 4.98 Å². The summed E-state index contributed by atoms with van der Waals surface area (Å²) in [6, 6.07) is 10.6. The number of rotatable bonds is 5. The van der Waals surface area contributed by atoms with Crippen molar-refractivity contribution in [3.8, 4) is 0 Å². The van der Waals surface area contributed by atoms with Crippen LogP contribution in [-0.4, -0.2) is 35.4 Å². The van der Waals surface area contributed by atoms with Crippen molar-refractivity contribution in [2.75, 3.05) is 19.6 Å². The van der Waals surface area contributed by atoms with Crippen molar-refractivity contribution in [1.82, 2.24) is 15.2 Å². The van der Waals surface area contributed by atoms with E-state index in [1.54, 1.807) is 0 Å². The summed E-state index contributed by atoms with van der Waals surface area (Å²) in [5, 5.41) is 2.97. The van der Waals surface area contributed by atoms with Gasteiger partial charge in [-0.1, -0.05) is 36.8 Å². The molecule has 1 aromatic heterocycles. The van der Waals surface area contributed by atoms with Gasteiger partial charge in [0.2, 0.25) is 5.76 Å². The Bertz CT molecular complexity index is 577. The van der Waals surface area contributed by atoms with Gasteiger partial charge in [-0.05, 0) is 31.5 Å². The van der Waals surface area contributed by atoms with Gasteiger partial charge in [-0.3, -0.25) is 9.69 Å². The van der Waals surface area contributed by atoms with Gasteiger partial charge in [-0.15, -0.1) is 0 Å². The average Bonchev–Trinajstić information content (AvgIpc) is 3.11. The van der Waals surface area contributed by atoms with Crippen molar-refractivity contribution in [3.05, 3.63) is 54.2 Å². The Hall–Kier alpha value is -2.14.